The van der Waals surface area contributed by atoms with E-state index in [9.17, 15) is 0 Å². The highest BCUT2D eigenvalue weighted by atomic mass is 16.5. The van der Waals surface area contributed by atoms with Crippen molar-refractivity contribution in [3.63, 3.8) is 0 Å². The van der Waals surface area contributed by atoms with Crippen LogP contribution in [0.2, 0.25) is 0 Å². The standard InChI is InChI=1S/C26H28N4O/c1-20-9-8-10-21(17-20)19-30-28-24(26(29-30)23-12-4-3-5-13-23)18-27-16-15-22-11-6-7-14-25(22)31-2/h3-14,17,27H,15-16,18-19H2,1-2H3. The van der Waals surface area contributed by atoms with E-state index in [-0.39, 0.29) is 0 Å². The number of rotatable bonds is 9. The predicted molar refractivity (Wildman–Crippen MR) is 124 cm³/mol. The molecule has 1 heterocycles. The summed E-state index contributed by atoms with van der Waals surface area (Å²) in [5.74, 6) is 0.929. The zero-order chi connectivity index (χ0) is 21.5. The van der Waals surface area contributed by atoms with E-state index in [1.54, 1.807) is 11.9 Å². The number of methoxy groups -OCH3 is 1. The Morgan fingerprint density at radius 3 is 2.52 bits per heavy atom. The molecule has 4 rings (SSSR count). The third kappa shape index (κ3) is 5.38. The van der Waals surface area contributed by atoms with Gasteiger partial charge >= 0.3 is 0 Å². The first-order valence-electron chi connectivity index (χ1n) is 10.6. The third-order valence-corrected chi connectivity index (χ3v) is 5.23. The van der Waals surface area contributed by atoms with Crippen molar-refractivity contribution in [1.82, 2.24) is 20.3 Å². The minimum atomic E-state index is 0.655. The fourth-order valence-corrected chi connectivity index (χ4v) is 3.71. The highest BCUT2D eigenvalue weighted by molar-refractivity contribution is 5.60. The molecule has 0 fully saturated rings. The SMILES string of the molecule is COc1ccccc1CCNCc1nn(Cc2cccc(C)c2)nc1-c1ccccc1. The molecule has 1 N–H and O–H groups in total. The van der Waals surface area contributed by atoms with Gasteiger partial charge in [0.15, 0.2) is 0 Å². The molecule has 0 amide bonds. The van der Waals surface area contributed by atoms with E-state index in [1.807, 2.05) is 36.4 Å². The van der Waals surface area contributed by atoms with Crippen LogP contribution >= 0.6 is 0 Å². The topological polar surface area (TPSA) is 52.0 Å². The van der Waals surface area contributed by atoms with Crippen LogP contribution in [0.1, 0.15) is 22.4 Å². The van der Waals surface area contributed by atoms with Crippen molar-refractivity contribution in [2.75, 3.05) is 13.7 Å². The van der Waals surface area contributed by atoms with Gasteiger partial charge in [-0.25, -0.2) is 0 Å². The number of aromatic nitrogens is 3. The van der Waals surface area contributed by atoms with Crippen molar-refractivity contribution in [3.8, 4) is 17.0 Å². The average Bonchev–Trinajstić information content (AvgIpc) is 3.20. The summed E-state index contributed by atoms with van der Waals surface area (Å²) in [4.78, 5) is 1.80. The molecule has 158 valence electrons. The van der Waals surface area contributed by atoms with Crippen LogP contribution in [-0.4, -0.2) is 28.6 Å². The second-order valence-electron chi connectivity index (χ2n) is 7.62. The number of para-hydroxylation sites is 1. The Kier molecular flexibility index (Phi) is 6.75. The zero-order valence-electron chi connectivity index (χ0n) is 18.1. The molecule has 0 spiro atoms. The van der Waals surface area contributed by atoms with Crippen LogP contribution in [-0.2, 0) is 19.5 Å². The van der Waals surface area contributed by atoms with E-state index in [0.29, 0.717) is 13.1 Å². The normalized spacial score (nSPS) is 10.9. The van der Waals surface area contributed by atoms with Gasteiger partial charge in [-0.05, 0) is 37.1 Å². The lowest BCUT2D eigenvalue weighted by Crippen LogP contribution is -2.18. The van der Waals surface area contributed by atoms with Crippen molar-refractivity contribution in [2.24, 2.45) is 0 Å². The van der Waals surface area contributed by atoms with Gasteiger partial charge in [-0.1, -0.05) is 78.4 Å². The predicted octanol–water partition coefficient (Wildman–Crippen LogP) is 4.64. The molecule has 0 aliphatic rings. The van der Waals surface area contributed by atoms with Gasteiger partial charge in [0, 0.05) is 12.1 Å². The molecule has 0 aliphatic heterocycles. The summed E-state index contributed by atoms with van der Waals surface area (Å²) in [6.07, 6.45) is 0.891. The maximum atomic E-state index is 5.45. The Labute approximate surface area is 183 Å². The Morgan fingerprint density at radius 2 is 1.71 bits per heavy atom. The Balaban J connectivity index is 1.48. The van der Waals surface area contributed by atoms with Gasteiger partial charge in [-0.15, -0.1) is 0 Å². The van der Waals surface area contributed by atoms with Crippen LogP contribution in [0.3, 0.4) is 0 Å². The molecule has 5 nitrogen and oxygen atoms in total. The Bertz CT molecular complexity index is 1120. The molecule has 0 unspecified atom stereocenters. The summed E-state index contributed by atoms with van der Waals surface area (Å²) in [6.45, 7) is 4.25. The lowest BCUT2D eigenvalue weighted by atomic mass is 10.1. The first-order valence-corrected chi connectivity index (χ1v) is 10.6. The molecule has 0 radical (unpaired) electrons. The summed E-state index contributed by atoms with van der Waals surface area (Å²) in [5, 5.41) is 13.1. The number of hydrogen-bond donors (Lipinski definition) is 1. The molecule has 0 bridgehead atoms. The van der Waals surface area contributed by atoms with Crippen LogP contribution < -0.4 is 10.1 Å². The molecule has 3 aromatic carbocycles. The maximum Gasteiger partial charge on any atom is 0.122 e. The molecule has 4 aromatic rings. The van der Waals surface area contributed by atoms with E-state index in [4.69, 9.17) is 14.9 Å². The highest BCUT2D eigenvalue weighted by Gasteiger charge is 2.13. The van der Waals surface area contributed by atoms with Crippen LogP contribution in [0.4, 0.5) is 0 Å². The maximum absolute atomic E-state index is 5.45. The fraction of sp³-hybridized carbons (Fsp3) is 0.231. The first kappa shape index (κ1) is 20.8. The second kappa shape index (κ2) is 10.0. The van der Waals surface area contributed by atoms with E-state index in [2.05, 4.69) is 54.7 Å². The first-order chi connectivity index (χ1) is 15.2. The summed E-state index contributed by atoms with van der Waals surface area (Å²) >= 11 is 0. The van der Waals surface area contributed by atoms with Gasteiger partial charge < -0.3 is 10.1 Å². The van der Waals surface area contributed by atoms with Crippen molar-refractivity contribution < 1.29 is 4.74 Å². The second-order valence-corrected chi connectivity index (χ2v) is 7.62. The Morgan fingerprint density at radius 1 is 0.903 bits per heavy atom. The number of aryl methyl sites for hydroxylation is 1. The summed E-state index contributed by atoms with van der Waals surface area (Å²) in [5.41, 5.74) is 6.61. The lowest BCUT2D eigenvalue weighted by Gasteiger charge is -2.08. The minimum Gasteiger partial charge on any atom is -0.496 e. The van der Waals surface area contributed by atoms with E-state index in [1.165, 1.54) is 16.7 Å². The van der Waals surface area contributed by atoms with Crippen molar-refractivity contribution >= 4 is 0 Å². The van der Waals surface area contributed by atoms with Crippen LogP contribution in [0.25, 0.3) is 11.3 Å². The smallest absolute Gasteiger partial charge is 0.122 e. The molecule has 0 aliphatic carbocycles. The van der Waals surface area contributed by atoms with E-state index >= 15 is 0 Å². The van der Waals surface area contributed by atoms with Crippen molar-refractivity contribution in [2.45, 2.75) is 26.4 Å². The fourth-order valence-electron chi connectivity index (χ4n) is 3.71. The van der Waals surface area contributed by atoms with Crippen LogP contribution in [0.15, 0.2) is 78.9 Å². The molecule has 5 heteroatoms. The molecule has 1 aromatic heterocycles. The summed E-state index contributed by atoms with van der Waals surface area (Å²) in [6, 6.07) is 26.9. The minimum absolute atomic E-state index is 0.655. The van der Waals surface area contributed by atoms with Gasteiger partial charge in [0.1, 0.15) is 17.1 Å². The van der Waals surface area contributed by atoms with Gasteiger partial charge in [0.2, 0.25) is 0 Å². The quantitative estimate of drug-likeness (QED) is 0.407. The van der Waals surface area contributed by atoms with E-state index in [0.717, 1.165) is 35.7 Å². The molecule has 0 atom stereocenters. The van der Waals surface area contributed by atoms with Crippen molar-refractivity contribution in [3.05, 3.63) is 101 Å². The molecule has 31 heavy (non-hydrogen) atoms. The number of benzene rings is 3. The molecule has 0 saturated heterocycles. The molecular formula is C26H28N4O. The summed E-state index contributed by atoms with van der Waals surface area (Å²) < 4.78 is 5.45. The third-order valence-electron chi connectivity index (χ3n) is 5.23. The van der Waals surface area contributed by atoms with Crippen LogP contribution in [0.5, 0.6) is 5.75 Å². The van der Waals surface area contributed by atoms with Crippen molar-refractivity contribution in [1.29, 1.82) is 0 Å². The number of nitrogens with one attached hydrogen (secondary N) is 1. The van der Waals surface area contributed by atoms with Crippen LogP contribution in [0, 0.1) is 6.92 Å². The number of ether oxygens (including phenoxy) is 1. The average molecular weight is 413 g/mol. The van der Waals surface area contributed by atoms with Gasteiger partial charge in [0.25, 0.3) is 0 Å². The van der Waals surface area contributed by atoms with Gasteiger partial charge in [-0.3, -0.25) is 0 Å². The highest BCUT2D eigenvalue weighted by Crippen LogP contribution is 2.21. The monoisotopic (exact) mass is 412 g/mol. The summed E-state index contributed by atoms with van der Waals surface area (Å²) in [7, 11) is 1.71. The Hall–Kier alpha value is -3.44. The molecular weight excluding hydrogens is 384 g/mol. The van der Waals surface area contributed by atoms with E-state index < -0.39 is 0 Å². The largest absolute Gasteiger partial charge is 0.496 e. The molecule has 0 saturated carbocycles. The van der Waals surface area contributed by atoms with Gasteiger partial charge in [0.05, 0.1) is 13.7 Å². The van der Waals surface area contributed by atoms with Gasteiger partial charge in [-0.2, -0.15) is 15.0 Å². The number of nitrogens with zero attached hydrogens (tertiary/aromatic N) is 3. The lowest BCUT2D eigenvalue weighted by molar-refractivity contribution is 0.409. The zero-order valence-corrected chi connectivity index (χ0v) is 18.1. The number of hydrogen-bond acceptors (Lipinski definition) is 4.